The third-order valence-electron chi connectivity index (χ3n) is 5.16. The summed E-state index contributed by atoms with van der Waals surface area (Å²) in [7, 11) is 0. The van der Waals surface area contributed by atoms with Gasteiger partial charge >= 0.3 is 0 Å². The fourth-order valence-electron chi connectivity index (χ4n) is 3.45. The van der Waals surface area contributed by atoms with E-state index in [-0.39, 0.29) is 5.82 Å². The summed E-state index contributed by atoms with van der Waals surface area (Å²) < 4.78 is 18.8. The predicted octanol–water partition coefficient (Wildman–Crippen LogP) is 6.01. The maximum absolute atomic E-state index is 13.0. The molecule has 3 aromatic carbocycles. The van der Waals surface area contributed by atoms with Crippen molar-refractivity contribution < 1.29 is 14.2 Å². The molecule has 0 bridgehead atoms. The summed E-state index contributed by atoms with van der Waals surface area (Å²) in [6.45, 7) is 0.393. The van der Waals surface area contributed by atoms with Crippen LogP contribution in [0.2, 0.25) is 0 Å². The van der Waals surface area contributed by atoms with Crippen LogP contribution in [0.15, 0.2) is 84.9 Å². The largest absolute Gasteiger partial charge is 0.487 e. The Hall–Kier alpha value is -3.24. The lowest BCUT2D eigenvalue weighted by molar-refractivity contribution is 0.164. The van der Waals surface area contributed by atoms with E-state index in [1.54, 1.807) is 12.1 Å². The molecular weight excluding hydrogens is 377 g/mol. The van der Waals surface area contributed by atoms with Crippen LogP contribution in [0.4, 0.5) is 4.39 Å². The van der Waals surface area contributed by atoms with E-state index < -0.39 is 6.10 Å². The molecule has 1 heterocycles. The number of aryl methyl sites for hydroxylation is 1. The number of fused-ring (bicyclic) bond motifs is 1. The number of aliphatic hydroxyl groups is 1. The van der Waals surface area contributed by atoms with E-state index in [0.717, 1.165) is 46.3 Å². The molecule has 4 heteroatoms. The van der Waals surface area contributed by atoms with Gasteiger partial charge in [0.15, 0.2) is 0 Å². The van der Waals surface area contributed by atoms with Crippen molar-refractivity contribution in [2.24, 2.45) is 0 Å². The van der Waals surface area contributed by atoms with Crippen molar-refractivity contribution in [1.29, 1.82) is 0 Å². The molecule has 0 amide bonds. The minimum absolute atomic E-state index is 0.225. The molecule has 1 atom stereocenters. The van der Waals surface area contributed by atoms with Crippen LogP contribution in [0.1, 0.15) is 35.8 Å². The summed E-state index contributed by atoms with van der Waals surface area (Å²) >= 11 is 0. The van der Waals surface area contributed by atoms with Crippen LogP contribution in [-0.2, 0) is 13.0 Å². The SMILES string of the molecule is OC(CCCc1ccc(F)cc1)c1ccc(OCc2ccc3ccccc3n2)cc1. The minimum atomic E-state index is -0.526. The maximum Gasteiger partial charge on any atom is 0.130 e. The first kappa shape index (κ1) is 20.0. The van der Waals surface area contributed by atoms with E-state index in [2.05, 4.69) is 4.98 Å². The zero-order valence-electron chi connectivity index (χ0n) is 16.7. The van der Waals surface area contributed by atoms with Gasteiger partial charge < -0.3 is 9.84 Å². The molecule has 0 aliphatic carbocycles. The molecule has 4 rings (SSSR count). The highest BCUT2D eigenvalue weighted by molar-refractivity contribution is 5.78. The van der Waals surface area contributed by atoms with Gasteiger partial charge in [0.25, 0.3) is 0 Å². The third-order valence-corrected chi connectivity index (χ3v) is 5.16. The molecular formula is C26H24FNO2. The van der Waals surface area contributed by atoms with Gasteiger partial charge in [0.2, 0.25) is 0 Å². The van der Waals surface area contributed by atoms with Crippen molar-refractivity contribution in [3.05, 3.63) is 108 Å². The van der Waals surface area contributed by atoms with Crippen LogP contribution < -0.4 is 4.74 Å². The van der Waals surface area contributed by atoms with E-state index in [4.69, 9.17) is 4.74 Å². The fourth-order valence-corrected chi connectivity index (χ4v) is 3.45. The highest BCUT2D eigenvalue weighted by Gasteiger charge is 2.08. The Balaban J connectivity index is 1.27. The van der Waals surface area contributed by atoms with Gasteiger partial charge in [-0.3, -0.25) is 0 Å². The van der Waals surface area contributed by atoms with Gasteiger partial charge in [0, 0.05) is 5.39 Å². The second-order valence-electron chi connectivity index (χ2n) is 7.39. The van der Waals surface area contributed by atoms with Gasteiger partial charge in [-0.05, 0) is 66.8 Å². The summed E-state index contributed by atoms with van der Waals surface area (Å²) in [6, 6.07) is 26.1. The fraction of sp³-hybridized carbons (Fsp3) is 0.192. The first-order valence-corrected chi connectivity index (χ1v) is 10.2. The Morgan fingerprint density at radius 3 is 2.43 bits per heavy atom. The van der Waals surface area contributed by atoms with Crippen molar-refractivity contribution >= 4 is 10.9 Å². The summed E-state index contributed by atoms with van der Waals surface area (Å²) in [5, 5.41) is 11.5. The number of nitrogens with zero attached hydrogens (tertiary/aromatic N) is 1. The second kappa shape index (κ2) is 9.51. The van der Waals surface area contributed by atoms with Gasteiger partial charge in [-0.2, -0.15) is 0 Å². The molecule has 0 saturated carbocycles. The molecule has 1 aromatic heterocycles. The summed E-state index contributed by atoms with van der Waals surface area (Å²) in [6.07, 6.45) is 1.77. The van der Waals surface area contributed by atoms with E-state index in [9.17, 15) is 9.50 Å². The predicted molar refractivity (Wildman–Crippen MR) is 117 cm³/mol. The first-order chi connectivity index (χ1) is 14.7. The highest BCUT2D eigenvalue weighted by atomic mass is 19.1. The van der Waals surface area contributed by atoms with Crippen LogP contribution in [0.25, 0.3) is 10.9 Å². The van der Waals surface area contributed by atoms with Gasteiger partial charge in [-0.15, -0.1) is 0 Å². The summed E-state index contributed by atoms with van der Waals surface area (Å²) in [5.74, 6) is 0.518. The number of hydrogen-bond donors (Lipinski definition) is 1. The topological polar surface area (TPSA) is 42.4 Å². The van der Waals surface area contributed by atoms with Crippen LogP contribution in [0.3, 0.4) is 0 Å². The number of aliphatic hydroxyl groups excluding tert-OH is 1. The lowest BCUT2D eigenvalue weighted by Gasteiger charge is -2.12. The lowest BCUT2D eigenvalue weighted by atomic mass is 10.0. The Bertz CT molecular complexity index is 1090. The molecule has 0 aliphatic rings. The number of para-hydroxylation sites is 1. The number of hydrogen-bond acceptors (Lipinski definition) is 3. The van der Waals surface area contributed by atoms with Gasteiger partial charge in [-0.25, -0.2) is 9.37 Å². The normalized spacial score (nSPS) is 12.1. The average Bonchev–Trinajstić information content (AvgIpc) is 2.79. The van der Waals surface area contributed by atoms with Crippen molar-refractivity contribution in [2.45, 2.75) is 32.0 Å². The quantitative estimate of drug-likeness (QED) is 0.393. The van der Waals surface area contributed by atoms with Crippen molar-refractivity contribution in [2.75, 3.05) is 0 Å². The van der Waals surface area contributed by atoms with Gasteiger partial charge in [-0.1, -0.05) is 48.5 Å². The standard InChI is InChI=1S/C26H24FNO2/c27-22-13-8-19(9-14-22)4-3-7-26(29)21-11-16-24(17-12-21)30-18-23-15-10-20-5-1-2-6-25(20)28-23/h1-2,5-6,8-17,26,29H,3-4,7,18H2. The molecule has 152 valence electrons. The highest BCUT2D eigenvalue weighted by Crippen LogP contribution is 2.23. The third kappa shape index (κ3) is 5.22. The lowest BCUT2D eigenvalue weighted by Crippen LogP contribution is -2.00. The summed E-state index contributed by atoms with van der Waals surface area (Å²) in [4.78, 5) is 4.61. The van der Waals surface area contributed by atoms with E-state index in [0.29, 0.717) is 13.0 Å². The molecule has 0 saturated heterocycles. The van der Waals surface area contributed by atoms with E-state index in [1.165, 1.54) is 12.1 Å². The molecule has 1 unspecified atom stereocenters. The number of halogens is 1. The van der Waals surface area contributed by atoms with E-state index in [1.807, 2.05) is 60.7 Å². The summed E-state index contributed by atoms with van der Waals surface area (Å²) in [5.41, 5.74) is 3.77. The number of aromatic nitrogens is 1. The molecule has 0 spiro atoms. The van der Waals surface area contributed by atoms with Crippen LogP contribution in [0, 0.1) is 5.82 Å². The second-order valence-corrected chi connectivity index (χ2v) is 7.39. The number of ether oxygens (including phenoxy) is 1. The molecule has 3 nitrogen and oxygen atoms in total. The van der Waals surface area contributed by atoms with Crippen LogP contribution in [0.5, 0.6) is 5.75 Å². The Labute approximate surface area is 175 Å². The Kier molecular flexibility index (Phi) is 6.35. The van der Waals surface area contributed by atoms with E-state index >= 15 is 0 Å². The molecule has 30 heavy (non-hydrogen) atoms. The molecule has 0 radical (unpaired) electrons. The number of benzene rings is 3. The van der Waals surface area contributed by atoms with Crippen molar-refractivity contribution in [3.8, 4) is 5.75 Å². The number of rotatable bonds is 8. The van der Waals surface area contributed by atoms with Crippen molar-refractivity contribution in [3.63, 3.8) is 0 Å². The molecule has 1 N–H and O–H groups in total. The zero-order chi connectivity index (χ0) is 20.8. The smallest absolute Gasteiger partial charge is 0.130 e. The first-order valence-electron chi connectivity index (χ1n) is 10.2. The molecule has 4 aromatic rings. The van der Waals surface area contributed by atoms with Gasteiger partial charge in [0.05, 0.1) is 17.3 Å². The van der Waals surface area contributed by atoms with Crippen molar-refractivity contribution in [1.82, 2.24) is 4.98 Å². The van der Waals surface area contributed by atoms with Crippen LogP contribution >= 0.6 is 0 Å². The maximum atomic E-state index is 13.0. The minimum Gasteiger partial charge on any atom is -0.487 e. The Morgan fingerprint density at radius 1 is 0.867 bits per heavy atom. The number of pyridine rings is 1. The average molecular weight is 401 g/mol. The Morgan fingerprint density at radius 2 is 1.63 bits per heavy atom. The zero-order valence-corrected chi connectivity index (χ0v) is 16.7. The monoisotopic (exact) mass is 401 g/mol. The molecule has 0 aliphatic heterocycles. The molecule has 0 fully saturated rings. The van der Waals surface area contributed by atoms with Gasteiger partial charge in [0.1, 0.15) is 18.2 Å². The van der Waals surface area contributed by atoms with Crippen LogP contribution in [-0.4, -0.2) is 10.1 Å².